The predicted octanol–water partition coefficient (Wildman–Crippen LogP) is 3.52. The Labute approximate surface area is 141 Å². The normalized spacial score (nSPS) is 20.4. The largest absolute Gasteiger partial charge is 0.329 e. The zero-order chi connectivity index (χ0) is 15.4. The molecule has 1 saturated heterocycles. The van der Waals surface area contributed by atoms with Crippen LogP contribution in [0.3, 0.4) is 0 Å². The first-order valence-electron chi connectivity index (χ1n) is 7.70. The molecule has 1 aliphatic heterocycles. The van der Waals surface area contributed by atoms with Gasteiger partial charge >= 0.3 is 0 Å². The van der Waals surface area contributed by atoms with Crippen LogP contribution in [0.25, 0.3) is 0 Å². The fourth-order valence-electron chi connectivity index (χ4n) is 2.96. The molecule has 0 radical (unpaired) electrons. The van der Waals surface area contributed by atoms with Crippen LogP contribution in [0.4, 0.5) is 0 Å². The van der Waals surface area contributed by atoms with E-state index in [1.165, 1.54) is 12.0 Å². The first-order chi connectivity index (χ1) is 10.1. The molecule has 0 amide bonds. The lowest BCUT2D eigenvalue weighted by Gasteiger charge is -2.41. The number of nitrogens with zero attached hydrogens (tertiary/aromatic N) is 2. The van der Waals surface area contributed by atoms with Crippen molar-refractivity contribution in [1.82, 2.24) is 9.80 Å². The van der Waals surface area contributed by atoms with E-state index in [2.05, 4.69) is 45.6 Å². The van der Waals surface area contributed by atoms with E-state index in [-0.39, 0.29) is 6.04 Å². The molecule has 0 saturated carbocycles. The van der Waals surface area contributed by atoms with Gasteiger partial charge in [0, 0.05) is 49.3 Å². The Morgan fingerprint density at radius 3 is 2.38 bits per heavy atom. The molecule has 0 spiro atoms. The summed E-state index contributed by atoms with van der Waals surface area (Å²) in [6, 6.07) is 7.09. The smallest absolute Gasteiger partial charge is 0.0551 e. The summed E-state index contributed by atoms with van der Waals surface area (Å²) in [6.07, 6.45) is 1.21. The fourth-order valence-corrected chi connectivity index (χ4v) is 3.40. The third kappa shape index (κ3) is 4.20. The average molecular weight is 375 g/mol. The number of piperazine rings is 1. The van der Waals surface area contributed by atoms with Crippen LogP contribution in [0.15, 0.2) is 22.7 Å². The topological polar surface area (TPSA) is 32.5 Å². The van der Waals surface area contributed by atoms with Crippen LogP contribution in [-0.4, -0.2) is 48.6 Å². The predicted molar refractivity (Wildman–Crippen MR) is 93.8 cm³/mol. The van der Waals surface area contributed by atoms with Crippen molar-refractivity contribution in [3.63, 3.8) is 0 Å². The molecule has 0 aliphatic carbocycles. The van der Waals surface area contributed by atoms with Gasteiger partial charge in [0.1, 0.15) is 0 Å². The zero-order valence-corrected chi connectivity index (χ0v) is 15.2. The number of hydrogen-bond acceptors (Lipinski definition) is 3. The summed E-state index contributed by atoms with van der Waals surface area (Å²) >= 11 is 9.67. The molecule has 3 nitrogen and oxygen atoms in total. The minimum Gasteiger partial charge on any atom is -0.329 e. The van der Waals surface area contributed by atoms with Gasteiger partial charge in [0.2, 0.25) is 0 Å². The number of rotatable bonds is 5. The average Bonchev–Trinajstić information content (AvgIpc) is 2.51. The molecule has 21 heavy (non-hydrogen) atoms. The molecule has 0 bridgehead atoms. The number of halogens is 2. The van der Waals surface area contributed by atoms with Gasteiger partial charge in [-0.15, -0.1) is 0 Å². The highest BCUT2D eigenvalue weighted by molar-refractivity contribution is 9.10. The second kappa shape index (κ2) is 7.93. The Morgan fingerprint density at radius 2 is 1.86 bits per heavy atom. The zero-order valence-electron chi connectivity index (χ0n) is 12.9. The molecule has 1 aromatic rings. The minimum absolute atomic E-state index is 0.259. The van der Waals surface area contributed by atoms with E-state index in [1.54, 1.807) is 0 Å². The lowest BCUT2D eigenvalue weighted by atomic mass is 10.0. The summed E-state index contributed by atoms with van der Waals surface area (Å²) in [5.41, 5.74) is 7.25. The third-order valence-corrected chi connectivity index (χ3v) is 5.79. The van der Waals surface area contributed by atoms with Crippen molar-refractivity contribution >= 4 is 27.5 Å². The van der Waals surface area contributed by atoms with Crippen molar-refractivity contribution in [3.8, 4) is 0 Å². The lowest BCUT2D eigenvalue weighted by molar-refractivity contribution is 0.0743. The van der Waals surface area contributed by atoms with Crippen LogP contribution in [0.2, 0.25) is 5.02 Å². The van der Waals surface area contributed by atoms with Gasteiger partial charge in [-0.2, -0.15) is 0 Å². The second-order valence-electron chi connectivity index (χ2n) is 5.75. The maximum atomic E-state index is 6.22. The molecule has 2 N–H and O–H groups in total. The van der Waals surface area contributed by atoms with E-state index in [4.69, 9.17) is 17.3 Å². The van der Waals surface area contributed by atoms with Crippen molar-refractivity contribution in [2.45, 2.75) is 32.4 Å². The fraction of sp³-hybridized carbons (Fsp3) is 0.625. The van der Waals surface area contributed by atoms with Crippen molar-refractivity contribution in [3.05, 3.63) is 33.3 Å². The molecule has 1 aromatic carbocycles. The van der Waals surface area contributed by atoms with Crippen LogP contribution in [0.1, 0.15) is 31.9 Å². The molecule has 5 heteroatoms. The Bertz CT molecular complexity index is 461. The molecule has 2 unspecified atom stereocenters. The Morgan fingerprint density at radius 1 is 1.24 bits per heavy atom. The Kier molecular flexibility index (Phi) is 6.51. The highest BCUT2D eigenvalue weighted by Gasteiger charge is 2.26. The van der Waals surface area contributed by atoms with Crippen molar-refractivity contribution in [2.75, 3.05) is 32.7 Å². The van der Waals surface area contributed by atoms with E-state index in [0.717, 1.165) is 35.7 Å². The molecule has 1 aliphatic rings. The van der Waals surface area contributed by atoms with Gasteiger partial charge in [0.05, 0.1) is 5.02 Å². The molecule has 2 rings (SSSR count). The van der Waals surface area contributed by atoms with Crippen LogP contribution in [0.5, 0.6) is 0 Å². The third-order valence-electron chi connectivity index (χ3n) is 4.56. The summed E-state index contributed by atoms with van der Waals surface area (Å²) in [5, 5.41) is 0.754. The minimum atomic E-state index is 0.259. The second-order valence-corrected chi connectivity index (χ2v) is 7.02. The highest BCUT2D eigenvalue weighted by Crippen LogP contribution is 2.29. The van der Waals surface area contributed by atoms with Crippen molar-refractivity contribution in [1.29, 1.82) is 0 Å². The van der Waals surface area contributed by atoms with Gasteiger partial charge in [0.15, 0.2) is 0 Å². The van der Waals surface area contributed by atoms with Crippen molar-refractivity contribution in [2.24, 2.45) is 5.73 Å². The van der Waals surface area contributed by atoms with Gasteiger partial charge in [-0.3, -0.25) is 9.80 Å². The van der Waals surface area contributed by atoms with Crippen LogP contribution < -0.4 is 5.73 Å². The van der Waals surface area contributed by atoms with E-state index in [9.17, 15) is 0 Å². The quantitative estimate of drug-likeness (QED) is 0.856. The van der Waals surface area contributed by atoms with Gasteiger partial charge in [0.25, 0.3) is 0 Å². The summed E-state index contributed by atoms with van der Waals surface area (Å²) in [4.78, 5) is 5.05. The lowest BCUT2D eigenvalue weighted by Crippen LogP contribution is -2.51. The van der Waals surface area contributed by atoms with E-state index in [0.29, 0.717) is 12.6 Å². The van der Waals surface area contributed by atoms with E-state index < -0.39 is 0 Å². The highest BCUT2D eigenvalue weighted by atomic mass is 79.9. The monoisotopic (exact) mass is 373 g/mol. The summed E-state index contributed by atoms with van der Waals surface area (Å²) in [7, 11) is 0. The summed E-state index contributed by atoms with van der Waals surface area (Å²) < 4.78 is 0.935. The first kappa shape index (κ1) is 17.2. The Hall–Kier alpha value is -0.130. The molecule has 1 heterocycles. The SMILES string of the molecule is CCC(C)N1CCN(C(CN)c2ccc(Br)c(Cl)c2)CC1. The number of hydrogen-bond donors (Lipinski definition) is 1. The van der Waals surface area contributed by atoms with E-state index in [1.807, 2.05) is 12.1 Å². The van der Waals surface area contributed by atoms with Gasteiger partial charge < -0.3 is 5.73 Å². The van der Waals surface area contributed by atoms with Gasteiger partial charge in [-0.25, -0.2) is 0 Å². The molecular weight excluding hydrogens is 350 g/mol. The number of nitrogens with two attached hydrogens (primary N) is 1. The van der Waals surface area contributed by atoms with Gasteiger partial charge in [-0.1, -0.05) is 24.6 Å². The van der Waals surface area contributed by atoms with E-state index >= 15 is 0 Å². The maximum Gasteiger partial charge on any atom is 0.0551 e. The van der Waals surface area contributed by atoms with Crippen molar-refractivity contribution < 1.29 is 0 Å². The van der Waals surface area contributed by atoms with Crippen LogP contribution >= 0.6 is 27.5 Å². The number of benzene rings is 1. The maximum absolute atomic E-state index is 6.22. The summed E-state index contributed by atoms with van der Waals surface area (Å²) in [5.74, 6) is 0. The first-order valence-corrected chi connectivity index (χ1v) is 8.87. The Balaban J connectivity index is 2.04. The van der Waals surface area contributed by atoms with Crippen LogP contribution in [0, 0.1) is 0 Å². The standard InChI is InChI=1S/C16H25BrClN3/c1-3-12(2)20-6-8-21(9-7-20)16(11-19)13-4-5-14(17)15(18)10-13/h4-5,10,12,16H,3,6-9,11,19H2,1-2H3. The summed E-state index contributed by atoms with van der Waals surface area (Å²) in [6.45, 7) is 9.57. The molecular formula is C16H25BrClN3. The molecule has 1 fully saturated rings. The molecule has 118 valence electrons. The van der Waals surface area contributed by atoms with Gasteiger partial charge in [-0.05, 0) is 47.0 Å². The molecule has 2 atom stereocenters. The van der Waals surface area contributed by atoms with Crippen LogP contribution in [-0.2, 0) is 0 Å². The molecule has 0 aromatic heterocycles.